The van der Waals surface area contributed by atoms with E-state index in [9.17, 15) is 14.7 Å². The van der Waals surface area contributed by atoms with Crippen LogP contribution in [0.3, 0.4) is 0 Å². The minimum atomic E-state index is -0.923. The fourth-order valence-electron chi connectivity index (χ4n) is 1.28. The number of carbonyl (C=O) groups is 2. The number of esters is 1. The van der Waals surface area contributed by atoms with Crippen LogP contribution in [-0.2, 0) is 27.5 Å². The third kappa shape index (κ3) is 3.01. The van der Waals surface area contributed by atoms with Crippen LogP contribution >= 0.6 is 0 Å². The molecule has 1 rings (SSSR count). The molecular formula is C11H14N2O4. The van der Waals surface area contributed by atoms with Crippen molar-refractivity contribution in [2.45, 2.75) is 27.0 Å². The number of ketones is 1. The Bertz CT molecular complexity index is 457. The molecule has 0 amide bonds. The monoisotopic (exact) mass is 238 g/mol. The van der Waals surface area contributed by atoms with Gasteiger partial charge in [-0.1, -0.05) is 0 Å². The van der Waals surface area contributed by atoms with Gasteiger partial charge in [-0.3, -0.25) is 9.78 Å². The zero-order valence-corrected chi connectivity index (χ0v) is 9.69. The van der Waals surface area contributed by atoms with Crippen LogP contribution in [0.25, 0.3) is 0 Å². The van der Waals surface area contributed by atoms with Gasteiger partial charge in [0, 0.05) is 30.8 Å². The highest BCUT2D eigenvalue weighted by Crippen LogP contribution is 2.23. The van der Waals surface area contributed by atoms with Crippen LogP contribution in [0.5, 0.6) is 5.75 Å². The summed E-state index contributed by atoms with van der Waals surface area (Å²) in [6.07, 6.45) is 1.46. The Morgan fingerprint density at radius 2 is 2.18 bits per heavy atom. The number of aromatic nitrogens is 1. The summed E-state index contributed by atoms with van der Waals surface area (Å²) < 4.78 is 4.73. The number of aryl methyl sites for hydroxylation is 1. The van der Waals surface area contributed by atoms with E-state index in [0.717, 1.165) is 6.92 Å². The van der Waals surface area contributed by atoms with Gasteiger partial charge in [-0.2, -0.15) is 0 Å². The highest BCUT2D eigenvalue weighted by atomic mass is 16.5. The largest absolute Gasteiger partial charge is 0.506 e. The third-order valence-electron chi connectivity index (χ3n) is 2.28. The molecule has 3 N–H and O–H groups in total. The normalized spacial score (nSPS) is 10.1. The van der Waals surface area contributed by atoms with Gasteiger partial charge in [0.2, 0.25) is 5.78 Å². The molecule has 0 aliphatic heterocycles. The first-order chi connectivity index (χ1) is 7.97. The number of pyridine rings is 1. The number of nitrogens with zero attached hydrogens (tertiary/aromatic N) is 1. The summed E-state index contributed by atoms with van der Waals surface area (Å²) in [5.41, 5.74) is 6.90. The molecule has 6 heteroatoms. The molecule has 17 heavy (non-hydrogen) atoms. The summed E-state index contributed by atoms with van der Waals surface area (Å²) >= 11 is 0. The van der Waals surface area contributed by atoms with Gasteiger partial charge in [-0.25, -0.2) is 4.79 Å². The van der Waals surface area contributed by atoms with Crippen molar-refractivity contribution in [3.8, 4) is 5.75 Å². The van der Waals surface area contributed by atoms with Crippen LogP contribution in [0.15, 0.2) is 6.20 Å². The molecule has 1 heterocycles. The van der Waals surface area contributed by atoms with E-state index in [1.165, 1.54) is 6.20 Å². The van der Waals surface area contributed by atoms with Crippen molar-refractivity contribution in [3.05, 3.63) is 23.0 Å². The van der Waals surface area contributed by atoms with Crippen LogP contribution in [0.2, 0.25) is 0 Å². The van der Waals surface area contributed by atoms with Crippen molar-refractivity contribution in [2.75, 3.05) is 0 Å². The lowest BCUT2D eigenvalue weighted by molar-refractivity contribution is -0.153. The molecule has 92 valence electrons. The van der Waals surface area contributed by atoms with Crippen molar-refractivity contribution in [1.82, 2.24) is 4.98 Å². The first kappa shape index (κ1) is 13.1. The van der Waals surface area contributed by atoms with Gasteiger partial charge in [0.25, 0.3) is 0 Å². The zero-order chi connectivity index (χ0) is 13.0. The molecule has 0 radical (unpaired) electrons. The highest BCUT2D eigenvalue weighted by Gasteiger charge is 2.14. The van der Waals surface area contributed by atoms with Crippen LogP contribution in [-0.4, -0.2) is 21.8 Å². The highest BCUT2D eigenvalue weighted by molar-refractivity contribution is 6.32. The van der Waals surface area contributed by atoms with Gasteiger partial charge in [-0.15, -0.1) is 0 Å². The minimum Gasteiger partial charge on any atom is -0.506 e. The van der Waals surface area contributed by atoms with Crippen molar-refractivity contribution >= 4 is 11.8 Å². The third-order valence-corrected chi connectivity index (χ3v) is 2.28. The molecule has 0 saturated carbocycles. The van der Waals surface area contributed by atoms with Gasteiger partial charge in [0.15, 0.2) is 0 Å². The molecule has 0 fully saturated rings. The average molecular weight is 238 g/mol. The predicted octanol–water partition coefficient (Wildman–Crippen LogP) is 0.187. The number of aromatic hydroxyl groups is 1. The molecule has 0 aliphatic carbocycles. The Hall–Kier alpha value is -1.95. The molecule has 0 aromatic carbocycles. The maximum atomic E-state index is 11.0. The van der Waals surface area contributed by atoms with Crippen LogP contribution in [0, 0.1) is 6.92 Å². The number of ether oxygens (including phenoxy) is 1. The van der Waals surface area contributed by atoms with Gasteiger partial charge < -0.3 is 15.6 Å². The molecule has 0 spiro atoms. The van der Waals surface area contributed by atoms with Gasteiger partial charge in [-0.05, 0) is 6.92 Å². The second-order valence-corrected chi connectivity index (χ2v) is 3.53. The van der Waals surface area contributed by atoms with E-state index in [0.29, 0.717) is 16.8 Å². The zero-order valence-electron chi connectivity index (χ0n) is 9.69. The SMILES string of the molecule is CC(=O)C(=O)OCc1cnc(C)c(O)c1CN. The van der Waals surface area contributed by atoms with Crippen LogP contribution in [0.4, 0.5) is 0 Å². The maximum Gasteiger partial charge on any atom is 0.374 e. The Balaban J connectivity index is 2.88. The molecule has 0 saturated heterocycles. The van der Waals surface area contributed by atoms with Gasteiger partial charge in [0.1, 0.15) is 12.4 Å². The number of carbonyl (C=O) groups excluding carboxylic acids is 2. The second-order valence-electron chi connectivity index (χ2n) is 3.53. The van der Waals surface area contributed by atoms with E-state index < -0.39 is 11.8 Å². The first-order valence-electron chi connectivity index (χ1n) is 5.01. The second kappa shape index (κ2) is 5.40. The van der Waals surface area contributed by atoms with E-state index >= 15 is 0 Å². The van der Waals surface area contributed by atoms with Crippen molar-refractivity contribution in [1.29, 1.82) is 0 Å². The molecule has 0 bridgehead atoms. The maximum absolute atomic E-state index is 11.0. The molecular weight excluding hydrogens is 224 g/mol. The van der Waals surface area contributed by atoms with Crippen molar-refractivity contribution in [2.24, 2.45) is 5.73 Å². The lowest BCUT2D eigenvalue weighted by Crippen LogP contribution is -2.15. The van der Waals surface area contributed by atoms with Crippen LogP contribution < -0.4 is 5.73 Å². The summed E-state index contributed by atoms with van der Waals surface area (Å²) in [5.74, 6) is -1.61. The topological polar surface area (TPSA) is 103 Å². The number of hydrogen-bond donors (Lipinski definition) is 2. The smallest absolute Gasteiger partial charge is 0.374 e. The summed E-state index contributed by atoms with van der Waals surface area (Å²) in [5, 5.41) is 9.70. The fourth-order valence-corrected chi connectivity index (χ4v) is 1.28. The van der Waals surface area contributed by atoms with E-state index in [4.69, 9.17) is 10.5 Å². The molecule has 6 nitrogen and oxygen atoms in total. The predicted molar refractivity (Wildman–Crippen MR) is 59.0 cm³/mol. The number of rotatable bonds is 4. The first-order valence-corrected chi connectivity index (χ1v) is 5.01. The van der Waals surface area contributed by atoms with Crippen molar-refractivity contribution in [3.63, 3.8) is 0 Å². The van der Waals surface area contributed by atoms with Crippen LogP contribution in [0.1, 0.15) is 23.7 Å². The molecule has 1 aromatic rings. The lowest BCUT2D eigenvalue weighted by atomic mass is 10.1. The Labute approximate surface area is 98.4 Å². The van der Waals surface area contributed by atoms with E-state index in [1.54, 1.807) is 6.92 Å². The quantitative estimate of drug-likeness (QED) is 0.573. The van der Waals surface area contributed by atoms with Crippen molar-refractivity contribution < 1.29 is 19.4 Å². The Morgan fingerprint density at radius 3 is 2.71 bits per heavy atom. The number of hydrogen-bond acceptors (Lipinski definition) is 6. The summed E-state index contributed by atoms with van der Waals surface area (Å²) in [7, 11) is 0. The van der Waals surface area contributed by atoms with E-state index in [1.807, 2.05) is 0 Å². The number of nitrogens with two attached hydrogens (primary N) is 1. The Kier molecular flexibility index (Phi) is 4.17. The Morgan fingerprint density at radius 1 is 1.53 bits per heavy atom. The average Bonchev–Trinajstić information content (AvgIpc) is 2.30. The molecule has 0 unspecified atom stereocenters. The van der Waals surface area contributed by atoms with E-state index in [2.05, 4.69) is 4.98 Å². The minimum absolute atomic E-state index is 0.0103. The molecule has 0 aliphatic rings. The fraction of sp³-hybridized carbons (Fsp3) is 0.364. The molecule has 1 aromatic heterocycles. The van der Waals surface area contributed by atoms with E-state index in [-0.39, 0.29) is 18.9 Å². The summed E-state index contributed by atoms with van der Waals surface area (Å²) in [4.78, 5) is 25.6. The summed E-state index contributed by atoms with van der Waals surface area (Å²) in [6, 6.07) is 0. The summed E-state index contributed by atoms with van der Waals surface area (Å²) in [6.45, 7) is 2.73. The van der Waals surface area contributed by atoms with Gasteiger partial charge in [0.05, 0.1) is 5.69 Å². The van der Waals surface area contributed by atoms with Gasteiger partial charge >= 0.3 is 5.97 Å². The molecule has 0 atom stereocenters. The number of Topliss-reactive ketones (excluding diaryl/α,β-unsaturated/α-hetero) is 1. The lowest BCUT2D eigenvalue weighted by Gasteiger charge is -2.10. The standard InChI is InChI=1S/C11H14N2O4/c1-6-10(15)9(3-12)8(4-13-6)5-17-11(16)7(2)14/h4,15H,3,5,12H2,1-2H3.